The van der Waals surface area contributed by atoms with E-state index in [2.05, 4.69) is 10.1 Å². The zero-order valence-electron chi connectivity index (χ0n) is 7.91. The van der Waals surface area contributed by atoms with Crippen molar-refractivity contribution in [3.8, 4) is 0 Å². The van der Waals surface area contributed by atoms with Crippen molar-refractivity contribution >= 4 is 0 Å². The molecule has 68 valence electrons. The van der Waals surface area contributed by atoms with Crippen molar-refractivity contribution in [3.63, 3.8) is 0 Å². The molecule has 2 N–H and O–H groups in total. The zero-order valence-corrected chi connectivity index (χ0v) is 7.91. The summed E-state index contributed by atoms with van der Waals surface area (Å²) in [5, 5.41) is 4.15. The molecule has 0 aromatic carbocycles. The second-order valence-corrected chi connectivity index (χ2v) is 3.21. The van der Waals surface area contributed by atoms with Crippen molar-refractivity contribution in [3.05, 3.63) is 11.6 Å². The van der Waals surface area contributed by atoms with E-state index < -0.39 is 0 Å². The van der Waals surface area contributed by atoms with Crippen LogP contribution in [0.1, 0.15) is 25.0 Å². The lowest BCUT2D eigenvalue weighted by atomic mass is 10.2. The number of hydrogen-bond acceptors (Lipinski definition) is 3. The topological polar surface area (TPSA) is 56.7 Å². The summed E-state index contributed by atoms with van der Waals surface area (Å²) in [6.45, 7) is 3.90. The van der Waals surface area contributed by atoms with Gasteiger partial charge in [0.25, 0.3) is 0 Å². The number of hydrogen-bond donors (Lipinski definition) is 1. The van der Waals surface area contributed by atoms with Gasteiger partial charge in [-0.2, -0.15) is 5.10 Å². The van der Waals surface area contributed by atoms with E-state index in [1.807, 2.05) is 25.6 Å². The van der Waals surface area contributed by atoms with Gasteiger partial charge in [-0.1, -0.05) is 0 Å². The van der Waals surface area contributed by atoms with Crippen LogP contribution in [-0.4, -0.2) is 20.8 Å². The van der Waals surface area contributed by atoms with Gasteiger partial charge in [0.15, 0.2) is 0 Å². The Morgan fingerprint density at radius 2 is 2.25 bits per heavy atom. The molecule has 0 aliphatic carbocycles. The van der Waals surface area contributed by atoms with Crippen LogP contribution in [0.25, 0.3) is 0 Å². The third-order valence-electron chi connectivity index (χ3n) is 1.78. The largest absolute Gasteiger partial charge is 0.328 e. The molecular formula is C8H16N4. The smallest absolute Gasteiger partial charge is 0.147 e. The number of rotatable bonds is 3. The average Bonchev–Trinajstić information content (AvgIpc) is 2.26. The Bertz CT molecular complexity index is 252. The van der Waals surface area contributed by atoms with Gasteiger partial charge in [-0.15, -0.1) is 0 Å². The van der Waals surface area contributed by atoms with Gasteiger partial charge in [-0.3, -0.25) is 4.68 Å². The SMILES string of the molecule is Cc1nc(CCC(C)N)n(C)n1. The maximum absolute atomic E-state index is 5.64. The van der Waals surface area contributed by atoms with Crippen LogP contribution in [0.2, 0.25) is 0 Å². The molecule has 12 heavy (non-hydrogen) atoms. The molecule has 1 rings (SSSR count). The van der Waals surface area contributed by atoms with Gasteiger partial charge in [0.05, 0.1) is 0 Å². The van der Waals surface area contributed by atoms with E-state index in [0.717, 1.165) is 24.5 Å². The molecule has 0 fully saturated rings. The first kappa shape index (κ1) is 9.19. The van der Waals surface area contributed by atoms with E-state index in [1.54, 1.807) is 0 Å². The molecule has 4 nitrogen and oxygen atoms in total. The second-order valence-electron chi connectivity index (χ2n) is 3.21. The van der Waals surface area contributed by atoms with Crippen LogP contribution in [-0.2, 0) is 13.5 Å². The summed E-state index contributed by atoms with van der Waals surface area (Å²) >= 11 is 0. The van der Waals surface area contributed by atoms with Gasteiger partial charge in [0, 0.05) is 19.5 Å². The minimum atomic E-state index is 0.238. The maximum Gasteiger partial charge on any atom is 0.147 e. The summed E-state index contributed by atoms with van der Waals surface area (Å²) in [6, 6.07) is 0.238. The first-order chi connectivity index (χ1) is 5.59. The molecule has 1 atom stereocenters. The molecule has 0 aliphatic rings. The van der Waals surface area contributed by atoms with Crippen LogP contribution < -0.4 is 5.73 Å². The van der Waals surface area contributed by atoms with Crippen molar-refractivity contribution in [1.82, 2.24) is 14.8 Å². The third kappa shape index (κ3) is 2.30. The zero-order chi connectivity index (χ0) is 9.14. The minimum Gasteiger partial charge on any atom is -0.328 e. The average molecular weight is 168 g/mol. The van der Waals surface area contributed by atoms with Crippen LogP contribution in [0.4, 0.5) is 0 Å². The molecule has 1 aromatic heterocycles. The van der Waals surface area contributed by atoms with Crippen molar-refractivity contribution < 1.29 is 0 Å². The number of aryl methyl sites for hydroxylation is 3. The number of aromatic nitrogens is 3. The number of nitrogens with two attached hydrogens (primary N) is 1. The van der Waals surface area contributed by atoms with Gasteiger partial charge in [0.1, 0.15) is 11.6 Å². The van der Waals surface area contributed by atoms with Crippen LogP contribution in [0.3, 0.4) is 0 Å². The van der Waals surface area contributed by atoms with Gasteiger partial charge >= 0.3 is 0 Å². The van der Waals surface area contributed by atoms with Crippen molar-refractivity contribution in [1.29, 1.82) is 0 Å². The summed E-state index contributed by atoms with van der Waals surface area (Å²) in [5.41, 5.74) is 5.64. The fourth-order valence-electron chi connectivity index (χ4n) is 1.13. The van der Waals surface area contributed by atoms with E-state index in [-0.39, 0.29) is 6.04 Å². The molecule has 1 aromatic rings. The Morgan fingerprint density at radius 3 is 2.67 bits per heavy atom. The molecule has 0 saturated carbocycles. The van der Waals surface area contributed by atoms with E-state index in [4.69, 9.17) is 5.73 Å². The Morgan fingerprint density at radius 1 is 1.58 bits per heavy atom. The Balaban J connectivity index is 2.57. The van der Waals surface area contributed by atoms with Crippen LogP contribution in [0.15, 0.2) is 0 Å². The van der Waals surface area contributed by atoms with Crippen LogP contribution in [0.5, 0.6) is 0 Å². The monoisotopic (exact) mass is 168 g/mol. The lowest BCUT2D eigenvalue weighted by Crippen LogP contribution is -2.16. The normalized spacial score (nSPS) is 13.3. The highest BCUT2D eigenvalue weighted by molar-refractivity contribution is 4.90. The minimum absolute atomic E-state index is 0.238. The predicted molar refractivity (Wildman–Crippen MR) is 47.7 cm³/mol. The lowest BCUT2D eigenvalue weighted by molar-refractivity contribution is 0.614. The summed E-state index contributed by atoms with van der Waals surface area (Å²) in [6.07, 6.45) is 1.88. The molecule has 0 amide bonds. The molecule has 0 spiro atoms. The molecule has 1 heterocycles. The second kappa shape index (κ2) is 3.67. The molecule has 0 radical (unpaired) electrons. The lowest BCUT2D eigenvalue weighted by Gasteiger charge is -2.02. The summed E-state index contributed by atoms with van der Waals surface area (Å²) in [4.78, 5) is 4.28. The Labute approximate surface area is 72.8 Å². The van der Waals surface area contributed by atoms with Gasteiger partial charge in [0.2, 0.25) is 0 Å². The molecule has 0 bridgehead atoms. The van der Waals surface area contributed by atoms with Gasteiger partial charge in [-0.05, 0) is 20.3 Å². The highest BCUT2D eigenvalue weighted by atomic mass is 15.3. The van der Waals surface area contributed by atoms with Crippen molar-refractivity contribution in [2.75, 3.05) is 0 Å². The highest BCUT2D eigenvalue weighted by Gasteiger charge is 2.04. The molecule has 0 saturated heterocycles. The quantitative estimate of drug-likeness (QED) is 0.711. The van der Waals surface area contributed by atoms with E-state index in [9.17, 15) is 0 Å². The first-order valence-corrected chi connectivity index (χ1v) is 4.21. The first-order valence-electron chi connectivity index (χ1n) is 4.21. The Kier molecular flexibility index (Phi) is 2.81. The van der Waals surface area contributed by atoms with E-state index in [1.165, 1.54) is 0 Å². The third-order valence-corrected chi connectivity index (χ3v) is 1.78. The fourth-order valence-corrected chi connectivity index (χ4v) is 1.13. The number of nitrogens with zero attached hydrogens (tertiary/aromatic N) is 3. The highest BCUT2D eigenvalue weighted by Crippen LogP contribution is 2.00. The maximum atomic E-state index is 5.64. The van der Waals surface area contributed by atoms with Crippen molar-refractivity contribution in [2.45, 2.75) is 32.7 Å². The molecular weight excluding hydrogens is 152 g/mol. The van der Waals surface area contributed by atoms with Crippen LogP contribution >= 0.6 is 0 Å². The standard InChI is InChI=1S/C8H16N4/c1-6(9)4-5-8-10-7(2)11-12(8)3/h6H,4-5,9H2,1-3H3. The van der Waals surface area contributed by atoms with Crippen molar-refractivity contribution in [2.24, 2.45) is 12.8 Å². The van der Waals surface area contributed by atoms with Gasteiger partial charge in [-0.25, -0.2) is 4.98 Å². The van der Waals surface area contributed by atoms with Gasteiger partial charge < -0.3 is 5.73 Å². The van der Waals surface area contributed by atoms with E-state index in [0.29, 0.717) is 0 Å². The van der Waals surface area contributed by atoms with E-state index >= 15 is 0 Å². The fraction of sp³-hybridized carbons (Fsp3) is 0.750. The molecule has 4 heteroatoms. The Hall–Kier alpha value is -0.900. The predicted octanol–water partition coefficient (Wildman–Crippen LogP) is 0.403. The molecule has 0 aliphatic heterocycles. The molecule has 1 unspecified atom stereocenters. The summed E-state index contributed by atoms with van der Waals surface area (Å²) < 4.78 is 1.82. The summed E-state index contributed by atoms with van der Waals surface area (Å²) in [7, 11) is 1.91. The summed E-state index contributed by atoms with van der Waals surface area (Å²) in [5.74, 6) is 1.85. The van der Waals surface area contributed by atoms with Crippen LogP contribution in [0, 0.1) is 6.92 Å².